The summed E-state index contributed by atoms with van der Waals surface area (Å²) in [5.74, 6) is 1.12. The van der Waals surface area contributed by atoms with E-state index in [1.165, 1.54) is 11.3 Å². The Morgan fingerprint density at radius 3 is 3.00 bits per heavy atom. The van der Waals surface area contributed by atoms with Crippen LogP contribution in [-0.2, 0) is 11.3 Å². The SMILES string of the molecule is COCC(NCc1nc2ccsc2c(=O)[nH]1)C(C)C. The lowest BCUT2D eigenvalue weighted by molar-refractivity contribution is 0.146. The lowest BCUT2D eigenvalue weighted by Crippen LogP contribution is -2.38. The molecule has 0 aliphatic rings. The summed E-state index contributed by atoms with van der Waals surface area (Å²) < 4.78 is 5.86. The lowest BCUT2D eigenvalue weighted by atomic mass is 10.1. The Morgan fingerprint density at radius 2 is 2.32 bits per heavy atom. The number of nitrogens with one attached hydrogen (secondary N) is 2. The van der Waals surface area contributed by atoms with Crippen molar-refractivity contribution in [3.8, 4) is 0 Å². The van der Waals surface area contributed by atoms with Crippen LogP contribution in [0.3, 0.4) is 0 Å². The van der Waals surface area contributed by atoms with E-state index in [0.29, 0.717) is 29.6 Å². The van der Waals surface area contributed by atoms with Crippen molar-refractivity contribution in [2.45, 2.75) is 26.4 Å². The van der Waals surface area contributed by atoms with Crippen LogP contribution < -0.4 is 10.9 Å². The molecule has 0 saturated carbocycles. The van der Waals surface area contributed by atoms with E-state index in [4.69, 9.17) is 4.74 Å². The van der Waals surface area contributed by atoms with E-state index in [1.54, 1.807) is 7.11 Å². The van der Waals surface area contributed by atoms with Crippen LogP contribution >= 0.6 is 11.3 Å². The molecule has 0 fully saturated rings. The third-order valence-electron chi connectivity index (χ3n) is 3.05. The molecule has 0 aliphatic heterocycles. The average Bonchev–Trinajstić information content (AvgIpc) is 2.82. The quantitative estimate of drug-likeness (QED) is 0.846. The zero-order valence-corrected chi connectivity index (χ0v) is 12.2. The van der Waals surface area contributed by atoms with Crippen LogP contribution in [0.25, 0.3) is 10.2 Å². The Balaban J connectivity index is 2.10. The molecule has 1 atom stereocenters. The van der Waals surface area contributed by atoms with Gasteiger partial charge in [0.2, 0.25) is 0 Å². The second kappa shape index (κ2) is 6.27. The van der Waals surface area contributed by atoms with Gasteiger partial charge in [0.1, 0.15) is 10.5 Å². The largest absolute Gasteiger partial charge is 0.383 e. The molecule has 6 heteroatoms. The molecule has 2 N–H and O–H groups in total. The fourth-order valence-corrected chi connectivity index (χ4v) is 2.63. The topological polar surface area (TPSA) is 67.0 Å². The first-order valence-corrected chi connectivity index (χ1v) is 7.18. The number of aromatic nitrogens is 2. The van der Waals surface area contributed by atoms with E-state index in [1.807, 2.05) is 11.4 Å². The van der Waals surface area contributed by atoms with E-state index in [9.17, 15) is 4.79 Å². The number of hydrogen-bond donors (Lipinski definition) is 2. The van der Waals surface area contributed by atoms with Crippen LogP contribution in [0.2, 0.25) is 0 Å². The maximum atomic E-state index is 11.8. The van der Waals surface area contributed by atoms with Gasteiger partial charge in [-0.3, -0.25) is 4.79 Å². The molecule has 104 valence electrons. The molecular formula is C13H19N3O2S. The van der Waals surface area contributed by atoms with Gasteiger partial charge >= 0.3 is 0 Å². The molecule has 2 aromatic rings. The molecule has 19 heavy (non-hydrogen) atoms. The first kappa shape index (κ1) is 14.2. The van der Waals surface area contributed by atoms with Crippen molar-refractivity contribution in [2.75, 3.05) is 13.7 Å². The third-order valence-corrected chi connectivity index (χ3v) is 3.95. The first-order chi connectivity index (χ1) is 9.11. The van der Waals surface area contributed by atoms with Gasteiger partial charge in [0.05, 0.1) is 18.7 Å². The number of ether oxygens (including phenoxy) is 1. The van der Waals surface area contributed by atoms with Gasteiger partial charge in [-0.15, -0.1) is 11.3 Å². The van der Waals surface area contributed by atoms with Gasteiger partial charge in [-0.25, -0.2) is 4.98 Å². The number of aromatic amines is 1. The highest BCUT2D eigenvalue weighted by atomic mass is 32.1. The van der Waals surface area contributed by atoms with E-state index >= 15 is 0 Å². The average molecular weight is 281 g/mol. The van der Waals surface area contributed by atoms with Crippen LogP contribution in [-0.4, -0.2) is 29.7 Å². The van der Waals surface area contributed by atoms with Crippen molar-refractivity contribution in [1.82, 2.24) is 15.3 Å². The summed E-state index contributed by atoms with van der Waals surface area (Å²) in [4.78, 5) is 19.1. The van der Waals surface area contributed by atoms with Crippen molar-refractivity contribution in [3.63, 3.8) is 0 Å². The van der Waals surface area contributed by atoms with Gasteiger partial charge in [-0.05, 0) is 17.4 Å². The lowest BCUT2D eigenvalue weighted by Gasteiger charge is -2.21. The van der Waals surface area contributed by atoms with Gasteiger partial charge < -0.3 is 15.0 Å². The van der Waals surface area contributed by atoms with Gasteiger partial charge in [0.15, 0.2) is 0 Å². The Morgan fingerprint density at radius 1 is 1.53 bits per heavy atom. The highest BCUT2D eigenvalue weighted by Gasteiger charge is 2.13. The van der Waals surface area contributed by atoms with Crippen LogP contribution in [0.15, 0.2) is 16.2 Å². The Labute approximate surface area is 116 Å². The minimum absolute atomic E-state index is 0.0651. The number of rotatable bonds is 6. The van der Waals surface area contributed by atoms with E-state index in [2.05, 4.69) is 29.1 Å². The number of thiophene rings is 1. The highest BCUT2D eigenvalue weighted by molar-refractivity contribution is 7.17. The fourth-order valence-electron chi connectivity index (χ4n) is 1.90. The number of nitrogens with zero attached hydrogens (tertiary/aromatic N) is 1. The van der Waals surface area contributed by atoms with Gasteiger partial charge in [-0.2, -0.15) is 0 Å². The van der Waals surface area contributed by atoms with Gasteiger partial charge in [0, 0.05) is 13.2 Å². The zero-order valence-electron chi connectivity index (χ0n) is 11.4. The van der Waals surface area contributed by atoms with Crippen LogP contribution in [0.1, 0.15) is 19.7 Å². The predicted molar refractivity (Wildman–Crippen MR) is 77.6 cm³/mol. The second-order valence-corrected chi connectivity index (χ2v) is 5.75. The van der Waals surface area contributed by atoms with Crippen molar-refractivity contribution in [2.24, 2.45) is 5.92 Å². The molecule has 0 radical (unpaired) electrons. The number of H-pyrrole nitrogens is 1. The number of hydrogen-bond acceptors (Lipinski definition) is 5. The van der Waals surface area contributed by atoms with E-state index < -0.39 is 0 Å². The molecular weight excluding hydrogens is 262 g/mol. The molecule has 1 unspecified atom stereocenters. The van der Waals surface area contributed by atoms with E-state index in [0.717, 1.165) is 5.52 Å². The first-order valence-electron chi connectivity index (χ1n) is 6.30. The third kappa shape index (κ3) is 3.40. The number of fused-ring (bicyclic) bond motifs is 1. The molecule has 0 bridgehead atoms. The van der Waals surface area contributed by atoms with Crippen molar-refractivity contribution in [1.29, 1.82) is 0 Å². The van der Waals surface area contributed by atoms with Crippen LogP contribution in [0.5, 0.6) is 0 Å². The maximum absolute atomic E-state index is 11.8. The Bertz CT molecular complexity index is 591. The minimum atomic E-state index is -0.0651. The van der Waals surface area contributed by atoms with Crippen LogP contribution in [0, 0.1) is 5.92 Å². The summed E-state index contributed by atoms with van der Waals surface area (Å²) in [6.07, 6.45) is 0. The molecule has 2 heterocycles. The second-order valence-electron chi connectivity index (χ2n) is 4.83. The van der Waals surface area contributed by atoms with Crippen molar-refractivity contribution < 1.29 is 4.74 Å². The van der Waals surface area contributed by atoms with Gasteiger partial charge in [-0.1, -0.05) is 13.8 Å². The van der Waals surface area contributed by atoms with E-state index in [-0.39, 0.29) is 11.6 Å². The molecule has 0 aliphatic carbocycles. The molecule has 2 aromatic heterocycles. The van der Waals surface area contributed by atoms with Crippen LogP contribution in [0.4, 0.5) is 0 Å². The standard InChI is InChI=1S/C13H19N3O2S/c1-8(2)10(7-18-3)14-6-11-15-9-4-5-19-12(9)13(17)16-11/h4-5,8,10,14H,6-7H2,1-3H3,(H,15,16,17). The monoisotopic (exact) mass is 281 g/mol. The predicted octanol–water partition coefficient (Wildman–Crippen LogP) is 1.75. The molecule has 0 aromatic carbocycles. The fraction of sp³-hybridized carbons (Fsp3) is 0.538. The zero-order chi connectivity index (χ0) is 13.8. The summed E-state index contributed by atoms with van der Waals surface area (Å²) in [6.45, 7) is 5.44. The minimum Gasteiger partial charge on any atom is -0.383 e. The normalized spacial score (nSPS) is 13.3. The van der Waals surface area contributed by atoms with Crippen molar-refractivity contribution in [3.05, 3.63) is 27.6 Å². The van der Waals surface area contributed by atoms with Gasteiger partial charge in [0.25, 0.3) is 5.56 Å². The summed E-state index contributed by atoms with van der Waals surface area (Å²) in [6, 6.07) is 2.11. The Hall–Kier alpha value is -1.24. The molecule has 5 nitrogen and oxygen atoms in total. The van der Waals surface area contributed by atoms with Crippen molar-refractivity contribution >= 4 is 21.6 Å². The number of methoxy groups -OCH3 is 1. The maximum Gasteiger partial charge on any atom is 0.268 e. The Kier molecular flexibility index (Phi) is 4.68. The molecule has 2 rings (SSSR count). The highest BCUT2D eigenvalue weighted by Crippen LogP contribution is 2.13. The molecule has 0 amide bonds. The molecule has 0 spiro atoms. The summed E-state index contributed by atoms with van der Waals surface area (Å²) in [7, 11) is 1.69. The smallest absolute Gasteiger partial charge is 0.268 e. The summed E-state index contributed by atoms with van der Waals surface area (Å²) in [5.41, 5.74) is 0.697. The summed E-state index contributed by atoms with van der Waals surface area (Å²) in [5, 5.41) is 5.25. The molecule has 0 saturated heterocycles. The summed E-state index contributed by atoms with van der Waals surface area (Å²) >= 11 is 1.41.